The summed E-state index contributed by atoms with van der Waals surface area (Å²) in [5.74, 6) is 0.880. The summed E-state index contributed by atoms with van der Waals surface area (Å²) in [4.78, 5) is 23.3. The summed E-state index contributed by atoms with van der Waals surface area (Å²) in [5.41, 5.74) is 0.611. The highest BCUT2D eigenvalue weighted by Gasteiger charge is 2.27. The highest BCUT2D eigenvalue weighted by molar-refractivity contribution is 5.78. The number of rotatable bonds is 5. The van der Waals surface area contributed by atoms with Gasteiger partial charge in [0.05, 0.1) is 12.1 Å². The van der Waals surface area contributed by atoms with Crippen molar-refractivity contribution in [2.45, 2.75) is 31.3 Å². The van der Waals surface area contributed by atoms with Gasteiger partial charge in [-0.05, 0) is 45.5 Å². The van der Waals surface area contributed by atoms with E-state index in [1.807, 2.05) is 0 Å². The Morgan fingerprint density at radius 1 is 1.35 bits per heavy atom. The van der Waals surface area contributed by atoms with Gasteiger partial charge in [0.15, 0.2) is 0 Å². The van der Waals surface area contributed by atoms with Gasteiger partial charge in [-0.25, -0.2) is 4.98 Å². The third kappa shape index (κ3) is 4.51. The van der Waals surface area contributed by atoms with Gasteiger partial charge >= 0.3 is 0 Å². The molecule has 140 valence electrons. The fraction of sp³-hybridized carbons (Fsp3) is 0.632. The predicted octanol–water partition coefficient (Wildman–Crippen LogP) is 0.674. The van der Waals surface area contributed by atoms with Gasteiger partial charge in [-0.15, -0.1) is 0 Å². The molecule has 26 heavy (non-hydrogen) atoms. The molecule has 1 aromatic rings. The molecule has 0 saturated carbocycles. The molecule has 3 heterocycles. The van der Waals surface area contributed by atoms with Gasteiger partial charge in [0.2, 0.25) is 5.91 Å². The number of aromatic nitrogens is 1. The number of nitrogens with one attached hydrogen (secondary N) is 1. The summed E-state index contributed by atoms with van der Waals surface area (Å²) >= 11 is 0. The number of nitrogens with zero attached hydrogens (tertiary/aromatic N) is 5. The van der Waals surface area contributed by atoms with Crippen molar-refractivity contribution in [3.8, 4) is 6.07 Å². The van der Waals surface area contributed by atoms with Crippen molar-refractivity contribution in [3.05, 3.63) is 23.9 Å². The van der Waals surface area contributed by atoms with Crippen LogP contribution in [0.4, 0.5) is 5.82 Å². The third-order valence-corrected chi connectivity index (χ3v) is 5.41. The summed E-state index contributed by atoms with van der Waals surface area (Å²) in [6.45, 7) is 4.07. The number of pyridine rings is 1. The fourth-order valence-corrected chi connectivity index (χ4v) is 3.83. The minimum atomic E-state index is 0.124. The van der Waals surface area contributed by atoms with E-state index in [0.717, 1.165) is 51.3 Å². The molecule has 1 atom stereocenters. The molecule has 2 aliphatic heterocycles. The Morgan fingerprint density at radius 2 is 2.12 bits per heavy atom. The van der Waals surface area contributed by atoms with Gasteiger partial charge < -0.3 is 15.1 Å². The van der Waals surface area contributed by atoms with Crippen LogP contribution in [0.15, 0.2) is 18.3 Å². The second-order valence-electron chi connectivity index (χ2n) is 7.46. The number of anilines is 1. The van der Waals surface area contributed by atoms with Crippen LogP contribution in [-0.4, -0.2) is 79.6 Å². The number of amides is 1. The molecule has 0 aromatic carbocycles. The first kappa shape index (κ1) is 18.6. The molecule has 1 aromatic heterocycles. The van der Waals surface area contributed by atoms with E-state index in [-0.39, 0.29) is 11.9 Å². The lowest BCUT2D eigenvalue weighted by molar-refractivity contribution is -0.122. The van der Waals surface area contributed by atoms with Crippen molar-refractivity contribution in [1.29, 1.82) is 5.26 Å². The Bertz CT molecular complexity index is 662. The molecule has 7 nitrogen and oxygen atoms in total. The van der Waals surface area contributed by atoms with Crippen LogP contribution in [0.3, 0.4) is 0 Å². The van der Waals surface area contributed by atoms with Crippen molar-refractivity contribution < 1.29 is 4.79 Å². The van der Waals surface area contributed by atoms with Crippen LogP contribution in [0.5, 0.6) is 0 Å². The maximum absolute atomic E-state index is 12.4. The van der Waals surface area contributed by atoms with Gasteiger partial charge in [0.1, 0.15) is 11.9 Å². The zero-order chi connectivity index (χ0) is 18.5. The second-order valence-corrected chi connectivity index (χ2v) is 7.46. The highest BCUT2D eigenvalue weighted by Crippen LogP contribution is 2.21. The highest BCUT2D eigenvalue weighted by atomic mass is 16.2. The molecule has 7 heteroatoms. The Labute approximate surface area is 155 Å². The summed E-state index contributed by atoms with van der Waals surface area (Å²) < 4.78 is 0. The van der Waals surface area contributed by atoms with Gasteiger partial charge in [-0.3, -0.25) is 9.69 Å². The Morgan fingerprint density at radius 3 is 2.77 bits per heavy atom. The SMILES string of the molecule is CN(C)C1CCN(CC(=O)NC2CCN(c3ncccc3C#N)CC2)C1. The molecular weight excluding hydrogens is 328 g/mol. The van der Waals surface area contributed by atoms with E-state index < -0.39 is 0 Å². The average molecular weight is 356 g/mol. The maximum Gasteiger partial charge on any atom is 0.234 e. The largest absolute Gasteiger partial charge is 0.355 e. The van der Waals surface area contributed by atoms with Crippen molar-refractivity contribution in [2.24, 2.45) is 0 Å². The van der Waals surface area contributed by atoms with E-state index in [9.17, 15) is 10.1 Å². The lowest BCUT2D eigenvalue weighted by atomic mass is 10.0. The molecule has 0 aliphatic carbocycles. The number of carbonyl (C=O) groups excluding carboxylic acids is 1. The minimum Gasteiger partial charge on any atom is -0.355 e. The normalized spacial score (nSPS) is 21.8. The monoisotopic (exact) mass is 356 g/mol. The molecule has 2 aliphatic rings. The number of nitriles is 1. The van der Waals surface area contributed by atoms with E-state index in [0.29, 0.717) is 18.2 Å². The number of hydrogen-bond acceptors (Lipinski definition) is 6. The maximum atomic E-state index is 12.4. The zero-order valence-electron chi connectivity index (χ0n) is 15.7. The quantitative estimate of drug-likeness (QED) is 0.836. The molecule has 2 saturated heterocycles. The molecule has 1 N–H and O–H groups in total. The molecule has 0 bridgehead atoms. The van der Waals surface area contributed by atoms with Crippen LogP contribution in [-0.2, 0) is 4.79 Å². The second kappa shape index (κ2) is 8.47. The molecule has 0 spiro atoms. The number of hydrogen-bond donors (Lipinski definition) is 1. The van der Waals surface area contributed by atoms with Gasteiger partial charge in [0.25, 0.3) is 0 Å². The first-order valence-electron chi connectivity index (χ1n) is 9.35. The molecule has 0 radical (unpaired) electrons. The molecule has 2 fully saturated rings. The van der Waals surface area contributed by atoms with Crippen molar-refractivity contribution >= 4 is 11.7 Å². The standard InChI is InChI=1S/C19H28N6O/c1-23(2)17-7-9-24(13-17)14-18(26)22-16-5-10-25(11-6-16)19-15(12-20)4-3-8-21-19/h3-4,8,16-17H,5-7,9-11,13-14H2,1-2H3,(H,22,26). The first-order valence-corrected chi connectivity index (χ1v) is 9.35. The molecule has 1 amide bonds. The van der Waals surface area contributed by atoms with Crippen LogP contribution in [0.25, 0.3) is 0 Å². The Balaban J connectivity index is 1.44. The fourth-order valence-electron chi connectivity index (χ4n) is 3.83. The minimum absolute atomic E-state index is 0.124. The van der Waals surface area contributed by atoms with Crippen LogP contribution in [0.1, 0.15) is 24.8 Å². The van der Waals surface area contributed by atoms with E-state index in [4.69, 9.17) is 0 Å². The van der Waals surface area contributed by atoms with Gasteiger partial charge in [-0.2, -0.15) is 5.26 Å². The predicted molar refractivity (Wildman–Crippen MR) is 101 cm³/mol. The van der Waals surface area contributed by atoms with E-state index in [1.54, 1.807) is 18.3 Å². The summed E-state index contributed by atoms with van der Waals surface area (Å²) in [6.07, 6.45) is 4.62. The number of likely N-dealkylation sites (tertiary alicyclic amines) is 1. The van der Waals surface area contributed by atoms with Gasteiger partial charge in [-0.1, -0.05) is 0 Å². The van der Waals surface area contributed by atoms with Crippen molar-refractivity contribution in [1.82, 2.24) is 20.1 Å². The lowest BCUT2D eigenvalue weighted by Crippen LogP contribution is -2.47. The van der Waals surface area contributed by atoms with Crippen LogP contribution < -0.4 is 10.2 Å². The van der Waals surface area contributed by atoms with Crippen molar-refractivity contribution in [3.63, 3.8) is 0 Å². The molecule has 3 rings (SSSR count). The van der Waals surface area contributed by atoms with Crippen LogP contribution in [0.2, 0.25) is 0 Å². The summed E-state index contributed by atoms with van der Waals surface area (Å²) in [7, 11) is 4.20. The summed E-state index contributed by atoms with van der Waals surface area (Å²) in [5, 5.41) is 12.4. The zero-order valence-corrected chi connectivity index (χ0v) is 15.7. The number of carbonyl (C=O) groups is 1. The first-order chi connectivity index (χ1) is 12.6. The molecule has 1 unspecified atom stereocenters. The van der Waals surface area contributed by atoms with Crippen LogP contribution >= 0.6 is 0 Å². The van der Waals surface area contributed by atoms with E-state index in [2.05, 4.69) is 45.2 Å². The van der Waals surface area contributed by atoms with Crippen molar-refractivity contribution in [2.75, 3.05) is 51.7 Å². The number of piperidine rings is 1. The van der Waals surface area contributed by atoms with Crippen LogP contribution in [0, 0.1) is 11.3 Å². The van der Waals surface area contributed by atoms with E-state index >= 15 is 0 Å². The van der Waals surface area contributed by atoms with E-state index in [1.165, 1.54) is 0 Å². The van der Waals surface area contributed by atoms with Gasteiger partial charge in [0, 0.05) is 44.5 Å². The third-order valence-electron chi connectivity index (χ3n) is 5.41. The average Bonchev–Trinajstić information content (AvgIpc) is 3.11. The Kier molecular flexibility index (Phi) is 6.07. The number of likely N-dealkylation sites (N-methyl/N-ethyl adjacent to an activating group) is 1. The topological polar surface area (TPSA) is 75.5 Å². The molecular formula is C19H28N6O. The smallest absolute Gasteiger partial charge is 0.234 e. The lowest BCUT2D eigenvalue weighted by Gasteiger charge is -2.33. The summed E-state index contributed by atoms with van der Waals surface area (Å²) in [6, 6.07) is 6.55. The Hall–Kier alpha value is -2.17.